The highest BCUT2D eigenvalue weighted by molar-refractivity contribution is 6.07. The molecular formula is C25H36N2O3. The second kappa shape index (κ2) is 9.84. The molecule has 0 unspecified atom stereocenters. The molecule has 4 rings (SSSR count). The number of hydrazone groups is 1. The molecule has 0 bridgehead atoms. The van der Waals surface area contributed by atoms with E-state index in [4.69, 9.17) is 14.6 Å². The molecule has 1 aromatic carbocycles. The molecule has 5 heteroatoms. The monoisotopic (exact) mass is 412 g/mol. The normalized spacial score (nSPS) is 25.3. The zero-order valence-electron chi connectivity index (χ0n) is 18.6. The number of benzene rings is 1. The van der Waals surface area contributed by atoms with Gasteiger partial charge in [0.1, 0.15) is 0 Å². The first-order valence-electron chi connectivity index (χ1n) is 12.0. The predicted molar refractivity (Wildman–Crippen MR) is 119 cm³/mol. The van der Waals surface area contributed by atoms with Gasteiger partial charge in [-0.2, -0.15) is 5.10 Å². The number of amides is 1. The van der Waals surface area contributed by atoms with E-state index in [0.717, 1.165) is 54.9 Å². The minimum Gasteiger partial charge on any atom is -0.490 e. The third-order valence-electron chi connectivity index (χ3n) is 6.89. The summed E-state index contributed by atoms with van der Waals surface area (Å²) in [6.45, 7) is 5.17. The summed E-state index contributed by atoms with van der Waals surface area (Å²) < 4.78 is 11.6. The lowest BCUT2D eigenvalue weighted by Gasteiger charge is -2.41. The van der Waals surface area contributed by atoms with Gasteiger partial charge in [0.25, 0.3) is 0 Å². The number of fused-ring (bicyclic) bond motifs is 1. The van der Waals surface area contributed by atoms with Crippen LogP contribution < -0.4 is 9.47 Å². The first-order chi connectivity index (χ1) is 14.7. The highest BCUT2D eigenvalue weighted by Gasteiger charge is 2.43. The molecule has 3 aliphatic rings. The minimum atomic E-state index is 0.0802. The van der Waals surface area contributed by atoms with Crippen molar-refractivity contribution in [3.8, 4) is 11.5 Å². The summed E-state index contributed by atoms with van der Waals surface area (Å²) in [6.07, 6.45) is 11.5. The summed E-state index contributed by atoms with van der Waals surface area (Å²) in [7, 11) is 0. The van der Waals surface area contributed by atoms with E-state index in [1.807, 2.05) is 24.9 Å². The van der Waals surface area contributed by atoms with Crippen molar-refractivity contribution < 1.29 is 14.3 Å². The van der Waals surface area contributed by atoms with Gasteiger partial charge in [0.05, 0.1) is 25.0 Å². The molecule has 1 aromatic rings. The molecule has 2 aliphatic carbocycles. The molecule has 1 heterocycles. The van der Waals surface area contributed by atoms with Crippen LogP contribution >= 0.6 is 0 Å². The molecule has 2 saturated carbocycles. The lowest BCUT2D eigenvalue weighted by atomic mass is 9.73. The molecule has 5 nitrogen and oxygen atoms in total. The number of carbonyl (C=O) groups excluding carboxylic acids is 1. The van der Waals surface area contributed by atoms with Gasteiger partial charge in [0.15, 0.2) is 11.5 Å². The number of hydrogen-bond donors (Lipinski definition) is 0. The van der Waals surface area contributed by atoms with Crippen molar-refractivity contribution in [3.05, 3.63) is 23.8 Å². The molecule has 164 valence electrons. The molecule has 0 aromatic heterocycles. The van der Waals surface area contributed by atoms with Crippen LogP contribution in [0.25, 0.3) is 0 Å². The fourth-order valence-corrected chi connectivity index (χ4v) is 5.41. The predicted octanol–water partition coefficient (Wildman–Crippen LogP) is 5.56. The van der Waals surface area contributed by atoms with Gasteiger partial charge < -0.3 is 9.47 Å². The summed E-state index contributed by atoms with van der Waals surface area (Å²) in [5.74, 6) is 2.12. The Morgan fingerprint density at radius 1 is 0.867 bits per heavy atom. The third-order valence-corrected chi connectivity index (χ3v) is 6.89. The molecule has 1 amide bonds. The fourth-order valence-electron chi connectivity index (χ4n) is 5.41. The van der Waals surface area contributed by atoms with Crippen LogP contribution in [0.1, 0.15) is 83.6 Å². The van der Waals surface area contributed by atoms with Crippen LogP contribution in [-0.4, -0.2) is 35.9 Å². The number of nitrogens with zero attached hydrogens (tertiary/aromatic N) is 2. The van der Waals surface area contributed by atoms with Crippen molar-refractivity contribution in [3.63, 3.8) is 0 Å². The van der Waals surface area contributed by atoms with Gasteiger partial charge in [0.2, 0.25) is 5.91 Å². The standard InChI is InChI=1S/C25H36N2O3/c1-3-29-22-16-15-18(17-23(22)30-4-2)24-20-13-9-10-14-21(20)25(28)27(26-24)19-11-7-5-6-8-12-19/h15-17,19-21H,3-14H2,1-2H3/t20-,21+/m0/s1. The fraction of sp³-hybridized carbons (Fsp3) is 0.680. The number of hydrogen-bond acceptors (Lipinski definition) is 4. The molecule has 2 fully saturated rings. The Balaban J connectivity index is 1.72. The van der Waals surface area contributed by atoms with Crippen LogP contribution in [0.2, 0.25) is 0 Å². The van der Waals surface area contributed by atoms with Crippen LogP contribution in [0.3, 0.4) is 0 Å². The van der Waals surface area contributed by atoms with Crippen LogP contribution in [0.5, 0.6) is 11.5 Å². The zero-order chi connectivity index (χ0) is 20.9. The van der Waals surface area contributed by atoms with Crippen molar-refractivity contribution in [1.29, 1.82) is 0 Å². The van der Waals surface area contributed by atoms with Gasteiger partial charge in [-0.05, 0) is 57.7 Å². The Morgan fingerprint density at radius 2 is 1.50 bits per heavy atom. The highest BCUT2D eigenvalue weighted by atomic mass is 16.5. The summed E-state index contributed by atoms with van der Waals surface area (Å²) >= 11 is 0. The highest BCUT2D eigenvalue weighted by Crippen LogP contribution is 2.40. The first-order valence-corrected chi connectivity index (χ1v) is 12.0. The van der Waals surface area contributed by atoms with Crippen molar-refractivity contribution in [2.45, 2.75) is 84.1 Å². The molecule has 0 N–H and O–H groups in total. The maximum atomic E-state index is 13.4. The Morgan fingerprint density at radius 3 is 2.20 bits per heavy atom. The van der Waals surface area contributed by atoms with E-state index in [-0.39, 0.29) is 23.8 Å². The summed E-state index contributed by atoms with van der Waals surface area (Å²) in [4.78, 5) is 13.4. The van der Waals surface area contributed by atoms with E-state index in [1.54, 1.807) is 0 Å². The van der Waals surface area contributed by atoms with Gasteiger partial charge in [-0.3, -0.25) is 4.79 Å². The molecule has 0 spiro atoms. The van der Waals surface area contributed by atoms with Crippen molar-refractivity contribution >= 4 is 11.6 Å². The largest absolute Gasteiger partial charge is 0.490 e. The van der Waals surface area contributed by atoms with Gasteiger partial charge in [-0.25, -0.2) is 5.01 Å². The average molecular weight is 413 g/mol. The van der Waals surface area contributed by atoms with E-state index in [1.165, 1.54) is 32.1 Å². The summed E-state index contributed by atoms with van der Waals surface area (Å²) in [5, 5.41) is 6.96. The Kier molecular flexibility index (Phi) is 6.96. The summed E-state index contributed by atoms with van der Waals surface area (Å²) in [6, 6.07) is 6.42. The van der Waals surface area contributed by atoms with E-state index in [2.05, 4.69) is 12.1 Å². The molecule has 30 heavy (non-hydrogen) atoms. The second-order valence-corrected chi connectivity index (χ2v) is 8.84. The van der Waals surface area contributed by atoms with Crippen LogP contribution in [0, 0.1) is 11.8 Å². The maximum absolute atomic E-state index is 13.4. The number of rotatable bonds is 6. The molecule has 0 radical (unpaired) electrons. The number of carbonyl (C=O) groups is 1. The first kappa shape index (κ1) is 21.2. The van der Waals surface area contributed by atoms with Crippen LogP contribution in [0.15, 0.2) is 23.3 Å². The third kappa shape index (κ3) is 4.35. The van der Waals surface area contributed by atoms with Gasteiger partial charge in [-0.1, -0.05) is 38.5 Å². The maximum Gasteiger partial charge on any atom is 0.246 e. The van der Waals surface area contributed by atoms with Crippen molar-refractivity contribution in [2.75, 3.05) is 13.2 Å². The van der Waals surface area contributed by atoms with Crippen molar-refractivity contribution in [1.82, 2.24) is 5.01 Å². The average Bonchev–Trinajstić information content (AvgIpc) is 3.05. The Labute approximate surface area is 180 Å². The van der Waals surface area contributed by atoms with E-state index < -0.39 is 0 Å². The van der Waals surface area contributed by atoms with E-state index in [9.17, 15) is 4.79 Å². The SMILES string of the molecule is CCOc1ccc(C2=NN(C3CCCCCC3)C(=O)[C@@H]3CCCC[C@H]23)cc1OCC. The van der Waals surface area contributed by atoms with E-state index in [0.29, 0.717) is 13.2 Å². The van der Waals surface area contributed by atoms with Gasteiger partial charge >= 0.3 is 0 Å². The molecular weight excluding hydrogens is 376 g/mol. The minimum absolute atomic E-state index is 0.0802. The Hall–Kier alpha value is -2.04. The Bertz CT molecular complexity index is 768. The van der Waals surface area contributed by atoms with Crippen molar-refractivity contribution in [2.24, 2.45) is 16.9 Å². The smallest absolute Gasteiger partial charge is 0.246 e. The molecule has 1 aliphatic heterocycles. The quantitative estimate of drug-likeness (QED) is 0.575. The zero-order valence-corrected chi connectivity index (χ0v) is 18.6. The second-order valence-electron chi connectivity index (χ2n) is 8.84. The van der Waals surface area contributed by atoms with Gasteiger partial charge in [0, 0.05) is 17.4 Å². The molecule has 0 saturated heterocycles. The van der Waals surface area contributed by atoms with Crippen LogP contribution in [0.4, 0.5) is 0 Å². The van der Waals surface area contributed by atoms with E-state index >= 15 is 0 Å². The summed E-state index contributed by atoms with van der Waals surface area (Å²) in [5.41, 5.74) is 2.15. The van der Waals surface area contributed by atoms with Gasteiger partial charge in [-0.15, -0.1) is 0 Å². The lowest BCUT2D eigenvalue weighted by molar-refractivity contribution is -0.141. The molecule has 2 atom stereocenters. The number of ether oxygens (including phenoxy) is 2. The topological polar surface area (TPSA) is 51.1 Å². The van der Waals surface area contributed by atoms with Crippen LogP contribution in [-0.2, 0) is 4.79 Å². The lowest BCUT2D eigenvalue weighted by Crippen LogP contribution is -2.49.